The number of nitrogens with zero attached hydrogens (tertiary/aromatic N) is 1. The molecule has 3 atom stereocenters. The molecule has 1 aromatic rings. The molecule has 0 bridgehead atoms. The molecule has 100 valence electrons. The molecule has 0 saturated carbocycles. The summed E-state index contributed by atoms with van der Waals surface area (Å²) in [5.74, 6) is 1.52. The number of ether oxygens (including phenoxy) is 1. The predicted molar refractivity (Wildman–Crippen MR) is 74.7 cm³/mol. The van der Waals surface area contributed by atoms with Crippen molar-refractivity contribution in [2.45, 2.75) is 32.4 Å². The molecule has 2 N–H and O–H groups in total. The minimum Gasteiger partial charge on any atom is -0.492 e. The van der Waals surface area contributed by atoms with Crippen LogP contribution in [0.1, 0.15) is 20.3 Å². The van der Waals surface area contributed by atoms with Gasteiger partial charge in [0.2, 0.25) is 0 Å². The highest BCUT2D eigenvalue weighted by Crippen LogP contribution is 2.21. The normalized spacial score (nSPS) is 29.2. The van der Waals surface area contributed by atoms with Crippen LogP contribution in [0, 0.1) is 5.92 Å². The van der Waals surface area contributed by atoms with Crippen molar-refractivity contribution in [2.75, 3.05) is 19.7 Å². The molecule has 2 rings (SSSR count). The van der Waals surface area contributed by atoms with E-state index in [9.17, 15) is 0 Å². The first-order chi connectivity index (χ1) is 8.68. The summed E-state index contributed by atoms with van der Waals surface area (Å²) in [6.07, 6.45) is 1.09. The van der Waals surface area contributed by atoms with Crippen molar-refractivity contribution in [3.8, 4) is 5.75 Å². The van der Waals surface area contributed by atoms with Crippen molar-refractivity contribution >= 4 is 0 Å². The van der Waals surface area contributed by atoms with E-state index in [1.54, 1.807) is 0 Å². The number of hydrogen-bond donors (Lipinski definition) is 1. The van der Waals surface area contributed by atoms with E-state index in [4.69, 9.17) is 10.5 Å². The Hall–Kier alpha value is -1.06. The maximum Gasteiger partial charge on any atom is 0.119 e. The molecule has 1 aliphatic heterocycles. The topological polar surface area (TPSA) is 38.5 Å². The lowest BCUT2D eigenvalue weighted by Gasteiger charge is -2.41. The summed E-state index contributed by atoms with van der Waals surface area (Å²) < 4.78 is 5.75. The van der Waals surface area contributed by atoms with Crippen LogP contribution in [0.25, 0.3) is 0 Å². The van der Waals surface area contributed by atoms with Gasteiger partial charge >= 0.3 is 0 Å². The van der Waals surface area contributed by atoms with Crippen LogP contribution in [0.15, 0.2) is 30.3 Å². The third-order valence-electron chi connectivity index (χ3n) is 4.15. The fourth-order valence-corrected chi connectivity index (χ4v) is 2.58. The highest BCUT2D eigenvalue weighted by atomic mass is 16.5. The van der Waals surface area contributed by atoms with Gasteiger partial charge in [-0.15, -0.1) is 0 Å². The molecule has 0 amide bonds. The molecule has 0 aromatic heterocycles. The summed E-state index contributed by atoms with van der Waals surface area (Å²) >= 11 is 0. The van der Waals surface area contributed by atoms with Gasteiger partial charge in [-0.3, -0.25) is 4.90 Å². The van der Waals surface area contributed by atoms with E-state index in [2.05, 4.69) is 18.7 Å². The number of para-hydroxylation sites is 1. The van der Waals surface area contributed by atoms with Crippen molar-refractivity contribution < 1.29 is 4.74 Å². The Bertz CT molecular complexity index is 355. The van der Waals surface area contributed by atoms with Gasteiger partial charge in [-0.25, -0.2) is 0 Å². The summed E-state index contributed by atoms with van der Waals surface area (Å²) in [5, 5.41) is 0. The lowest BCUT2D eigenvalue weighted by atomic mass is 9.88. The summed E-state index contributed by atoms with van der Waals surface area (Å²) in [4.78, 5) is 2.48. The van der Waals surface area contributed by atoms with Crippen molar-refractivity contribution in [1.29, 1.82) is 0 Å². The maximum atomic E-state index is 6.09. The molecule has 0 radical (unpaired) electrons. The Morgan fingerprint density at radius 3 is 2.72 bits per heavy atom. The van der Waals surface area contributed by atoms with Gasteiger partial charge in [0.15, 0.2) is 0 Å². The first-order valence-electron chi connectivity index (χ1n) is 6.86. The van der Waals surface area contributed by atoms with Crippen LogP contribution in [0.4, 0.5) is 0 Å². The number of nitrogens with two attached hydrogens (primary N) is 1. The zero-order chi connectivity index (χ0) is 13.0. The van der Waals surface area contributed by atoms with Crippen LogP contribution in [-0.4, -0.2) is 36.7 Å². The molecule has 0 spiro atoms. The van der Waals surface area contributed by atoms with E-state index < -0.39 is 0 Å². The largest absolute Gasteiger partial charge is 0.492 e. The van der Waals surface area contributed by atoms with Crippen LogP contribution in [0.2, 0.25) is 0 Å². The van der Waals surface area contributed by atoms with E-state index in [-0.39, 0.29) is 0 Å². The molecule has 18 heavy (non-hydrogen) atoms. The minimum absolute atomic E-state index is 0.353. The van der Waals surface area contributed by atoms with Crippen LogP contribution in [-0.2, 0) is 0 Å². The molecule has 1 saturated heterocycles. The Morgan fingerprint density at radius 2 is 2.00 bits per heavy atom. The van der Waals surface area contributed by atoms with E-state index in [0.717, 1.165) is 31.9 Å². The zero-order valence-corrected chi connectivity index (χ0v) is 11.4. The third kappa shape index (κ3) is 3.24. The van der Waals surface area contributed by atoms with E-state index in [1.165, 1.54) is 0 Å². The zero-order valence-electron chi connectivity index (χ0n) is 11.4. The van der Waals surface area contributed by atoms with Crippen molar-refractivity contribution in [3.63, 3.8) is 0 Å². The van der Waals surface area contributed by atoms with Crippen LogP contribution in [0.3, 0.4) is 0 Å². The Kier molecular flexibility index (Phi) is 4.61. The van der Waals surface area contributed by atoms with Gasteiger partial charge < -0.3 is 10.5 Å². The maximum absolute atomic E-state index is 6.09. The Morgan fingerprint density at radius 1 is 1.28 bits per heavy atom. The third-order valence-corrected chi connectivity index (χ3v) is 4.15. The number of rotatable bonds is 4. The standard InChI is InChI=1S/C15H24N2O/c1-12-13(2)17(9-8-15(12)16)10-11-18-14-6-4-3-5-7-14/h3-7,12-13,15H,8-11,16H2,1-2H3. The molecule has 0 aliphatic carbocycles. The van der Waals surface area contributed by atoms with Gasteiger partial charge in [-0.1, -0.05) is 25.1 Å². The van der Waals surface area contributed by atoms with Gasteiger partial charge in [0.1, 0.15) is 12.4 Å². The molecule has 3 heteroatoms. The van der Waals surface area contributed by atoms with Crippen LogP contribution in [0.5, 0.6) is 5.75 Å². The second kappa shape index (κ2) is 6.21. The fraction of sp³-hybridized carbons (Fsp3) is 0.600. The van der Waals surface area contributed by atoms with E-state index in [1.807, 2.05) is 30.3 Å². The molecular formula is C15H24N2O. The average molecular weight is 248 g/mol. The quantitative estimate of drug-likeness (QED) is 0.887. The molecule has 1 aliphatic rings. The van der Waals surface area contributed by atoms with Gasteiger partial charge in [0.25, 0.3) is 0 Å². The minimum atomic E-state index is 0.353. The Labute approximate surface area is 110 Å². The summed E-state index contributed by atoms with van der Waals surface area (Å²) in [6, 6.07) is 10.9. The first kappa shape index (κ1) is 13.4. The number of piperidine rings is 1. The number of benzene rings is 1. The van der Waals surface area contributed by atoms with E-state index >= 15 is 0 Å². The lowest BCUT2D eigenvalue weighted by molar-refractivity contribution is 0.0827. The summed E-state index contributed by atoms with van der Waals surface area (Å²) in [6.45, 7) is 7.33. The van der Waals surface area contributed by atoms with E-state index in [0.29, 0.717) is 18.0 Å². The highest BCUT2D eigenvalue weighted by Gasteiger charge is 2.29. The van der Waals surface area contributed by atoms with Crippen molar-refractivity contribution in [2.24, 2.45) is 11.7 Å². The second-order valence-electron chi connectivity index (χ2n) is 5.25. The average Bonchev–Trinajstić information content (AvgIpc) is 2.40. The SMILES string of the molecule is CC1C(N)CCN(CCOc2ccccc2)C1C. The van der Waals surface area contributed by atoms with Gasteiger partial charge in [-0.2, -0.15) is 0 Å². The summed E-state index contributed by atoms with van der Waals surface area (Å²) in [5.41, 5.74) is 6.09. The summed E-state index contributed by atoms with van der Waals surface area (Å²) in [7, 11) is 0. The fourth-order valence-electron chi connectivity index (χ4n) is 2.58. The van der Waals surface area contributed by atoms with Crippen LogP contribution >= 0.6 is 0 Å². The number of hydrogen-bond acceptors (Lipinski definition) is 3. The van der Waals surface area contributed by atoms with Crippen molar-refractivity contribution in [1.82, 2.24) is 4.90 Å². The Balaban J connectivity index is 1.77. The monoisotopic (exact) mass is 248 g/mol. The molecule has 1 fully saturated rings. The van der Waals surface area contributed by atoms with Crippen molar-refractivity contribution in [3.05, 3.63) is 30.3 Å². The molecule has 1 heterocycles. The van der Waals surface area contributed by atoms with Crippen LogP contribution < -0.4 is 10.5 Å². The predicted octanol–water partition coefficient (Wildman–Crippen LogP) is 2.12. The molecule has 3 nitrogen and oxygen atoms in total. The first-order valence-corrected chi connectivity index (χ1v) is 6.86. The van der Waals surface area contributed by atoms with Gasteiger partial charge in [0, 0.05) is 25.2 Å². The molecule has 3 unspecified atom stereocenters. The van der Waals surface area contributed by atoms with Gasteiger partial charge in [0.05, 0.1) is 0 Å². The molecular weight excluding hydrogens is 224 g/mol. The number of likely N-dealkylation sites (tertiary alicyclic amines) is 1. The highest BCUT2D eigenvalue weighted by molar-refractivity contribution is 5.20. The van der Waals surface area contributed by atoms with Gasteiger partial charge in [-0.05, 0) is 31.4 Å². The smallest absolute Gasteiger partial charge is 0.119 e. The molecule has 1 aromatic carbocycles. The second-order valence-corrected chi connectivity index (χ2v) is 5.25. The lowest BCUT2D eigenvalue weighted by Crippen LogP contribution is -2.52.